The number of aromatic hydroxyl groups is 2. The van der Waals surface area contributed by atoms with Gasteiger partial charge in [-0.15, -0.1) is 0 Å². The number of aryl methyl sites for hydroxylation is 2. The number of hydrogen-bond donors (Lipinski definition) is 8. The van der Waals surface area contributed by atoms with Gasteiger partial charge in [-0.05, 0) is 55.4 Å². The molecule has 47 heavy (non-hydrogen) atoms. The summed E-state index contributed by atoms with van der Waals surface area (Å²) in [6.45, 7) is 0.985. The lowest BCUT2D eigenvalue weighted by Gasteiger charge is -2.32. The molecule has 0 aliphatic rings. The molecule has 0 saturated carbocycles. The normalized spacial score (nSPS) is 12.4. The number of rotatable bonds is 23. The van der Waals surface area contributed by atoms with Crippen molar-refractivity contribution in [2.75, 3.05) is 26.2 Å². The lowest BCUT2D eigenvalue weighted by atomic mass is 9.91. The summed E-state index contributed by atoms with van der Waals surface area (Å²) in [5, 5.41) is 64.9. The number of phenols is 2. The van der Waals surface area contributed by atoms with E-state index < -0.39 is 55.0 Å². The first-order valence-corrected chi connectivity index (χ1v) is 15.6. The molecule has 0 radical (unpaired) electrons. The van der Waals surface area contributed by atoms with Crippen molar-refractivity contribution < 1.29 is 54.6 Å². The largest absolute Gasteiger partial charge is 0.508 e. The first kappa shape index (κ1) is 38.5. The van der Waals surface area contributed by atoms with Crippen LogP contribution >= 0.6 is 0 Å². The van der Waals surface area contributed by atoms with Crippen molar-refractivity contribution in [3.05, 3.63) is 58.7 Å². The van der Waals surface area contributed by atoms with Gasteiger partial charge in [0, 0.05) is 42.6 Å². The Balaban J connectivity index is 2.54. The first-order valence-electron chi connectivity index (χ1n) is 15.6. The predicted molar refractivity (Wildman–Crippen MR) is 170 cm³/mol. The summed E-state index contributed by atoms with van der Waals surface area (Å²) in [5.74, 6) is -5.26. The zero-order chi connectivity index (χ0) is 34.9. The van der Waals surface area contributed by atoms with Gasteiger partial charge < -0.3 is 36.0 Å². The summed E-state index contributed by atoms with van der Waals surface area (Å²) in [4.78, 5) is 60.2. The van der Waals surface area contributed by atoms with Gasteiger partial charge in [-0.3, -0.25) is 34.2 Å². The van der Waals surface area contributed by atoms with E-state index in [0.717, 1.165) is 19.3 Å². The molecule has 0 fully saturated rings. The summed E-state index contributed by atoms with van der Waals surface area (Å²) in [6.07, 6.45) is 2.66. The Labute approximate surface area is 273 Å². The molecule has 0 aliphatic heterocycles. The van der Waals surface area contributed by atoms with Gasteiger partial charge in [0.25, 0.3) is 0 Å². The van der Waals surface area contributed by atoms with Crippen molar-refractivity contribution in [1.29, 1.82) is 0 Å². The lowest BCUT2D eigenvalue weighted by molar-refractivity contribution is -0.140. The summed E-state index contributed by atoms with van der Waals surface area (Å²) in [5.41, 5.74) is 1.71. The summed E-state index contributed by atoms with van der Waals surface area (Å²) in [6, 6.07) is 7.30. The van der Waals surface area contributed by atoms with Crippen LogP contribution in [0.25, 0.3) is 0 Å². The van der Waals surface area contributed by atoms with Crippen LogP contribution in [0, 0.1) is 0 Å². The monoisotopic (exact) mass is 659 g/mol. The molecule has 2 rings (SSSR count). The highest BCUT2D eigenvalue weighted by atomic mass is 16.4. The van der Waals surface area contributed by atoms with Crippen molar-refractivity contribution in [3.8, 4) is 11.5 Å². The van der Waals surface area contributed by atoms with Crippen molar-refractivity contribution in [2.24, 2.45) is 0 Å². The van der Waals surface area contributed by atoms with Crippen LogP contribution in [0.3, 0.4) is 0 Å². The van der Waals surface area contributed by atoms with Crippen LogP contribution in [0.2, 0.25) is 0 Å². The average Bonchev–Trinajstić information content (AvgIpc) is 3.00. The second-order valence-electron chi connectivity index (χ2n) is 11.3. The van der Waals surface area contributed by atoms with E-state index in [2.05, 4.69) is 10.6 Å². The Morgan fingerprint density at radius 3 is 1.83 bits per heavy atom. The third-order valence-electron chi connectivity index (χ3n) is 7.63. The Kier molecular flexibility index (Phi) is 16.2. The van der Waals surface area contributed by atoms with E-state index in [0.29, 0.717) is 23.2 Å². The van der Waals surface area contributed by atoms with E-state index in [-0.39, 0.29) is 62.1 Å². The minimum Gasteiger partial charge on any atom is -0.508 e. The molecule has 2 aromatic rings. The highest BCUT2D eigenvalue weighted by Crippen LogP contribution is 2.37. The SMILES string of the molecule is CCCCCNC(=O)CN(CC(=O)O)C(CCC(NCC(=O)O)c1cc(CCC(=O)O)ccc1O)c1cc(CCC(=O)O)ccc1O. The molecule has 14 heteroatoms. The fourth-order valence-electron chi connectivity index (χ4n) is 5.30. The third kappa shape index (κ3) is 14.1. The molecule has 0 heterocycles. The van der Waals surface area contributed by atoms with E-state index in [4.69, 9.17) is 5.11 Å². The first-order chi connectivity index (χ1) is 22.3. The van der Waals surface area contributed by atoms with E-state index in [1.54, 1.807) is 24.3 Å². The molecule has 0 aliphatic carbocycles. The Hall–Kier alpha value is -4.69. The van der Waals surface area contributed by atoms with Crippen LogP contribution in [-0.4, -0.2) is 91.5 Å². The van der Waals surface area contributed by atoms with E-state index >= 15 is 0 Å². The van der Waals surface area contributed by atoms with Gasteiger partial charge in [0.15, 0.2) is 0 Å². The highest BCUT2D eigenvalue weighted by molar-refractivity contribution is 5.79. The molecule has 2 unspecified atom stereocenters. The van der Waals surface area contributed by atoms with Crippen LogP contribution in [0.5, 0.6) is 11.5 Å². The van der Waals surface area contributed by atoms with Gasteiger partial charge in [0.1, 0.15) is 11.5 Å². The van der Waals surface area contributed by atoms with E-state index in [1.807, 2.05) is 6.92 Å². The number of phenolic OH excluding ortho intramolecular Hbond substituents is 2. The summed E-state index contributed by atoms with van der Waals surface area (Å²) in [7, 11) is 0. The number of benzene rings is 2. The van der Waals surface area contributed by atoms with Gasteiger partial charge in [0.2, 0.25) is 5.91 Å². The molecule has 258 valence electrons. The van der Waals surface area contributed by atoms with E-state index in [1.165, 1.54) is 17.0 Å². The molecule has 0 aromatic heterocycles. The number of nitrogens with zero attached hydrogens (tertiary/aromatic N) is 1. The Bertz CT molecular complexity index is 1380. The fraction of sp³-hybridized carbons (Fsp3) is 0.485. The third-order valence-corrected chi connectivity index (χ3v) is 7.63. The minimum atomic E-state index is -1.24. The quantitative estimate of drug-likeness (QED) is 0.0802. The number of carboxylic acids is 4. The van der Waals surface area contributed by atoms with Gasteiger partial charge in [-0.2, -0.15) is 0 Å². The maximum atomic E-state index is 13.0. The zero-order valence-corrected chi connectivity index (χ0v) is 26.5. The van der Waals surface area contributed by atoms with Gasteiger partial charge in [-0.25, -0.2) is 0 Å². The van der Waals surface area contributed by atoms with Crippen molar-refractivity contribution in [1.82, 2.24) is 15.5 Å². The number of hydrogen-bond acceptors (Lipinski definition) is 9. The number of aliphatic carboxylic acids is 4. The maximum absolute atomic E-state index is 13.0. The van der Waals surface area contributed by atoms with Crippen molar-refractivity contribution >= 4 is 29.8 Å². The van der Waals surface area contributed by atoms with Gasteiger partial charge >= 0.3 is 23.9 Å². The van der Waals surface area contributed by atoms with Crippen LogP contribution in [-0.2, 0) is 36.8 Å². The molecule has 0 spiro atoms. The molecule has 2 aromatic carbocycles. The average molecular weight is 660 g/mol. The molecule has 2 atom stereocenters. The Morgan fingerprint density at radius 2 is 1.30 bits per heavy atom. The zero-order valence-electron chi connectivity index (χ0n) is 26.5. The Morgan fingerprint density at radius 1 is 0.723 bits per heavy atom. The topological polar surface area (TPSA) is 234 Å². The molecular weight excluding hydrogens is 614 g/mol. The number of unbranched alkanes of at least 4 members (excludes halogenated alkanes) is 2. The van der Waals surface area contributed by atoms with Crippen LogP contribution < -0.4 is 10.6 Å². The number of carbonyl (C=O) groups is 5. The fourth-order valence-corrected chi connectivity index (χ4v) is 5.30. The molecule has 8 N–H and O–H groups in total. The molecule has 14 nitrogen and oxygen atoms in total. The second-order valence-corrected chi connectivity index (χ2v) is 11.3. The molecule has 0 bridgehead atoms. The highest BCUT2D eigenvalue weighted by Gasteiger charge is 2.29. The number of amides is 1. The number of carbonyl (C=O) groups excluding carboxylic acids is 1. The maximum Gasteiger partial charge on any atom is 0.317 e. The molecular formula is C33H45N3O11. The van der Waals surface area contributed by atoms with Crippen molar-refractivity contribution in [2.45, 2.75) is 76.8 Å². The number of carboxylic acid groups (broad SMARTS) is 4. The summed E-state index contributed by atoms with van der Waals surface area (Å²) < 4.78 is 0. The standard InChI is InChI=1S/C33H45N3O11/c1-2-3-4-15-34-29(39)19-36(20-33(46)47)26(24-17-22(6-12-28(24)38)8-14-31(42)43)10-9-25(35-18-32(44)45)23-16-21(5-11-27(23)37)7-13-30(40)41/h5-6,11-12,16-17,25-26,35,37-38H,2-4,7-10,13-15,18-20H2,1H3,(H,34,39)(H,40,41)(H,42,43)(H,44,45)(H,46,47). The van der Waals surface area contributed by atoms with Crippen LogP contribution in [0.15, 0.2) is 36.4 Å². The summed E-state index contributed by atoms with van der Waals surface area (Å²) >= 11 is 0. The van der Waals surface area contributed by atoms with Gasteiger partial charge in [-0.1, -0.05) is 44.0 Å². The lowest BCUT2D eigenvalue weighted by Crippen LogP contribution is -2.42. The molecule has 0 saturated heterocycles. The second kappa shape index (κ2) is 19.7. The minimum absolute atomic E-state index is 0.0580. The predicted octanol–water partition coefficient (Wildman–Crippen LogP) is 3.06. The van der Waals surface area contributed by atoms with Crippen molar-refractivity contribution in [3.63, 3.8) is 0 Å². The van der Waals surface area contributed by atoms with Crippen LogP contribution in [0.4, 0.5) is 0 Å². The smallest absolute Gasteiger partial charge is 0.317 e. The van der Waals surface area contributed by atoms with E-state index in [9.17, 15) is 49.5 Å². The van der Waals surface area contributed by atoms with Crippen LogP contribution in [0.1, 0.15) is 86.2 Å². The molecule has 1 amide bonds. The number of nitrogens with one attached hydrogen (secondary N) is 2. The van der Waals surface area contributed by atoms with Gasteiger partial charge in [0.05, 0.1) is 19.6 Å².